The fourth-order valence-electron chi connectivity index (χ4n) is 2.52. The lowest BCUT2D eigenvalue weighted by atomic mass is 10.2. The third-order valence-electron chi connectivity index (χ3n) is 3.94. The normalized spacial score (nSPS) is 10.3. The molecule has 0 saturated carbocycles. The molecule has 0 atom stereocenters. The first-order valence-corrected chi connectivity index (χ1v) is 9.83. The summed E-state index contributed by atoms with van der Waals surface area (Å²) in [5.74, 6) is 0.735. The van der Waals surface area contributed by atoms with E-state index >= 15 is 0 Å². The van der Waals surface area contributed by atoms with Crippen LogP contribution in [-0.4, -0.2) is 19.1 Å². The fourth-order valence-corrected chi connectivity index (χ4v) is 2.88. The minimum absolute atomic E-state index is 0.0839. The second-order valence-electron chi connectivity index (χ2n) is 6.02. The molecule has 0 aliphatic heterocycles. The van der Waals surface area contributed by atoms with Crippen LogP contribution in [0.3, 0.4) is 0 Å². The van der Waals surface area contributed by atoms with Gasteiger partial charge in [-0.15, -0.1) is 0 Å². The van der Waals surface area contributed by atoms with Gasteiger partial charge in [0.1, 0.15) is 5.75 Å². The maximum atomic E-state index is 12.0. The van der Waals surface area contributed by atoms with Gasteiger partial charge in [-0.1, -0.05) is 30.3 Å². The van der Waals surface area contributed by atoms with Crippen molar-refractivity contribution in [2.75, 3.05) is 23.8 Å². The molecule has 5 heteroatoms. The molecule has 0 fully saturated rings. The van der Waals surface area contributed by atoms with Crippen LogP contribution in [0.2, 0.25) is 0 Å². The van der Waals surface area contributed by atoms with E-state index < -0.39 is 0 Å². The van der Waals surface area contributed by atoms with Crippen LogP contribution in [0.4, 0.5) is 11.4 Å². The molecule has 0 unspecified atom stereocenters. The van der Waals surface area contributed by atoms with Crippen molar-refractivity contribution in [3.8, 4) is 5.75 Å². The highest BCUT2D eigenvalue weighted by atomic mass is 127. The second-order valence-corrected chi connectivity index (χ2v) is 7.26. The van der Waals surface area contributed by atoms with E-state index in [4.69, 9.17) is 4.74 Å². The van der Waals surface area contributed by atoms with Crippen LogP contribution in [0.1, 0.15) is 5.56 Å². The Balaban J connectivity index is 1.40. The molecule has 1 amide bonds. The standard InChI is InChI=1S/C22H21IN2O2/c23-18-6-8-20(9-7-18)25-22(26)16-24-19-10-12-21(13-11-19)27-15-14-17-4-2-1-3-5-17/h1-13,24H,14-16H2,(H,25,26). The molecule has 0 bridgehead atoms. The Bertz CT molecular complexity index is 850. The number of amides is 1. The van der Waals surface area contributed by atoms with Gasteiger partial charge in [0.15, 0.2) is 0 Å². The Morgan fingerprint density at radius 2 is 1.52 bits per heavy atom. The number of halogens is 1. The summed E-state index contributed by atoms with van der Waals surface area (Å²) >= 11 is 2.23. The van der Waals surface area contributed by atoms with E-state index in [1.165, 1.54) is 5.56 Å². The zero-order valence-electron chi connectivity index (χ0n) is 14.8. The molecule has 3 aromatic rings. The average molecular weight is 472 g/mol. The van der Waals surface area contributed by atoms with E-state index in [9.17, 15) is 4.79 Å². The summed E-state index contributed by atoms with van der Waals surface area (Å²) in [6.07, 6.45) is 0.875. The summed E-state index contributed by atoms with van der Waals surface area (Å²) in [5, 5.41) is 5.98. The molecule has 0 aromatic heterocycles. The monoisotopic (exact) mass is 472 g/mol. The number of hydrogen-bond donors (Lipinski definition) is 2. The lowest BCUT2D eigenvalue weighted by Crippen LogP contribution is -2.21. The van der Waals surface area contributed by atoms with Crippen LogP contribution in [0, 0.1) is 3.57 Å². The van der Waals surface area contributed by atoms with Crippen molar-refractivity contribution in [1.29, 1.82) is 0 Å². The summed E-state index contributed by atoms with van der Waals surface area (Å²) in [4.78, 5) is 12.0. The highest BCUT2D eigenvalue weighted by Gasteiger charge is 2.03. The van der Waals surface area contributed by atoms with Crippen LogP contribution < -0.4 is 15.4 Å². The Hall–Kier alpha value is -2.54. The maximum absolute atomic E-state index is 12.0. The van der Waals surface area contributed by atoms with Crippen LogP contribution in [0.5, 0.6) is 5.75 Å². The first-order valence-electron chi connectivity index (χ1n) is 8.75. The Kier molecular flexibility index (Phi) is 7.10. The lowest BCUT2D eigenvalue weighted by Gasteiger charge is -2.10. The third kappa shape index (κ3) is 6.60. The van der Waals surface area contributed by atoms with Gasteiger partial charge in [0, 0.05) is 21.4 Å². The second kappa shape index (κ2) is 9.97. The molecule has 3 aromatic carbocycles. The molecule has 27 heavy (non-hydrogen) atoms. The average Bonchev–Trinajstić information content (AvgIpc) is 2.70. The first kappa shape index (κ1) is 19.2. The van der Waals surface area contributed by atoms with E-state index in [0.29, 0.717) is 6.61 Å². The van der Waals surface area contributed by atoms with Gasteiger partial charge in [-0.05, 0) is 76.7 Å². The number of ether oxygens (including phenoxy) is 1. The molecule has 0 aliphatic rings. The van der Waals surface area contributed by atoms with Gasteiger partial charge in [-0.2, -0.15) is 0 Å². The van der Waals surface area contributed by atoms with Gasteiger partial charge in [0.2, 0.25) is 5.91 Å². The van der Waals surface area contributed by atoms with E-state index in [1.807, 2.05) is 66.7 Å². The van der Waals surface area contributed by atoms with Crippen LogP contribution in [0.25, 0.3) is 0 Å². The van der Waals surface area contributed by atoms with Gasteiger partial charge in [0.25, 0.3) is 0 Å². The molecule has 3 rings (SSSR count). The number of carbonyl (C=O) groups excluding carboxylic acids is 1. The van der Waals surface area contributed by atoms with Crippen molar-refractivity contribution in [3.05, 3.63) is 88.0 Å². The van der Waals surface area contributed by atoms with Crippen molar-refractivity contribution in [3.63, 3.8) is 0 Å². The van der Waals surface area contributed by atoms with E-state index in [-0.39, 0.29) is 12.5 Å². The third-order valence-corrected chi connectivity index (χ3v) is 4.66. The zero-order valence-corrected chi connectivity index (χ0v) is 17.0. The van der Waals surface area contributed by atoms with Crippen LogP contribution >= 0.6 is 22.6 Å². The minimum Gasteiger partial charge on any atom is -0.493 e. The molecular weight excluding hydrogens is 451 g/mol. The molecule has 0 saturated heterocycles. The number of carbonyl (C=O) groups is 1. The van der Waals surface area contributed by atoms with Crippen molar-refractivity contribution >= 4 is 39.9 Å². The summed E-state index contributed by atoms with van der Waals surface area (Å²) < 4.78 is 6.91. The largest absolute Gasteiger partial charge is 0.493 e. The van der Waals surface area contributed by atoms with Gasteiger partial charge in [-0.3, -0.25) is 4.79 Å². The quantitative estimate of drug-likeness (QED) is 0.456. The van der Waals surface area contributed by atoms with Crippen molar-refractivity contribution in [2.45, 2.75) is 6.42 Å². The number of benzene rings is 3. The summed E-state index contributed by atoms with van der Waals surface area (Å²) in [5.41, 5.74) is 2.93. The van der Waals surface area contributed by atoms with Crippen molar-refractivity contribution in [1.82, 2.24) is 0 Å². The van der Waals surface area contributed by atoms with E-state index in [1.54, 1.807) is 0 Å². The Morgan fingerprint density at radius 3 is 2.22 bits per heavy atom. The molecule has 0 radical (unpaired) electrons. The molecule has 0 heterocycles. The summed E-state index contributed by atoms with van der Waals surface area (Å²) in [7, 11) is 0. The van der Waals surface area contributed by atoms with Crippen LogP contribution in [0.15, 0.2) is 78.9 Å². The number of anilines is 2. The van der Waals surface area contributed by atoms with Gasteiger partial charge >= 0.3 is 0 Å². The SMILES string of the molecule is O=C(CNc1ccc(OCCc2ccccc2)cc1)Nc1ccc(I)cc1. The smallest absolute Gasteiger partial charge is 0.243 e. The molecular formula is C22H21IN2O2. The molecule has 4 nitrogen and oxygen atoms in total. The molecule has 2 N–H and O–H groups in total. The Morgan fingerprint density at radius 1 is 0.852 bits per heavy atom. The zero-order chi connectivity index (χ0) is 18.9. The highest BCUT2D eigenvalue weighted by Crippen LogP contribution is 2.16. The molecule has 138 valence electrons. The van der Waals surface area contributed by atoms with Gasteiger partial charge < -0.3 is 15.4 Å². The van der Waals surface area contributed by atoms with Crippen molar-refractivity contribution < 1.29 is 9.53 Å². The maximum Gasteiger partial charge on any atom is 0.243 e. The molecule has 0 aliphatic carbocycles. The van der Waals surface area contributed by atoms with E-state index in [2.05, 4.69) is 45.4 Å². The van der Waals surface area contributed by atoms with Crippen LogP contribution in [-0.2, 0) is 11.2 Å². The number of nitrogens with one attached hydrogen (secondary N) is 2. The van der Waals surface area contributed by atoms with E-state index in [0.717, 1.165) is 27.1 Å². The topological polar surface area (TPSA) is 50.4 Å². The lowest BCUT2D eigenvalue weighted by molar-refractivity contribution is -0.114. The minimum atomic E-state index is -0.0839. The van der Waals surface area contributed by atoms with Gasteiger partial charge in [0.05, 0.1) is 13.2 Å². The fraction of sp³-hybridized carbons (Fsp3) is 0.136. The predicted octanol–water partition coefficient (Wildman–Crippen LogP) is 4.96. The Labute approximate surface area is 173 Å². The number of hydrogen-bond acceptors (Lipinski definition) is 3. The van der Waals surface area contributed by atoms with Crippen molar-refractivity contribution in [2.24, 2.45) is 0 Å². The highest BCUT2D eigenvalue weighted by molar-refractivity contribution is 14.1. The van der Waals surface area contributed by atoms with Gasteiger partial charge in [-0.25, -0.2) is 0 Å². The summed E-state index contributed by atoms with van der Waals surface area (Å²) in [6.45, 7) is 0.843. The number of rotatable bonds is 8. The summed E-state index contributed by atoms with van der Waals surface area (Å²) in [6, 6.07) is 25.6. The molecule has 0 spiro atoms. The predicted molar refractivity (Wildman–Crippen MR) is 118 cm³/mol. The first-order chi connectivity index (χ1) is 13.2.